The third-order valence-corrected chi connectivity index (χ3v) is 5.30. The summed E-state index contributed by atoms with van der Waals surface area (Å²) in [6.45, 7) is 2.86. The van der Waals surface area contributed by atoms with Crippen molar-refractivity contribution in [2.24, 2.45) is 0 Å². The van der Waals surface area contributed by atoms with Gasteiger partial charge >= 0.3 is 0 Å². The Labute approximate surface area is 175 Å². The molecule has 0 spiro atoms. The predicted molar refractivity (Wildman–Crippen MR) is 111 cm³/mol. The van der Waals surface area contributed by atoms with E-state index in [1.165, 1.54) is 0 Å². The number of piperidine rings is 1. The van der Waals surface area contributed by atoms with Crippen LogP contribution in [0.25, 0.3) is 11.3 Å². The van der Waals surface area contributed by atoms with Crippen LogP contribution in [-0.4, -0.2) is 39.4 Å². The molecule has 0 radical (unpaired) electrons. The van der Waals surface area contributed by atoms with Gasteiger partial charge in [-0.1, -0.05) is 41.1 Å². The van der Waals surface area contributed by atoms with E-state index >= 15 is 0 Å². The number of carbonyl (C=O) groups excluding carboxylic acids is 2. The maximum Gasteiger partial charge on any atom is 0.276 e. The first-order valence-corrected chi connectivity index (χ1v) is 10.1. The average Bonchev–Trinajstić information content (AvgIpc) is 3.28. The van der Waals surface area contributed by atoms with Crippen molar-refractivity contribution >= 4 is 11.8 Å². The van der Waals surface area contributed by atoms with Crippen LogP contribution >= 0.6 is 0 Å². The third-order valence-electron chi connectivity index (χ3n) is 5.30. The normalized spacial score (nSPS) is 16.3. The van der Waals surface area contributed by atoms with E-state index in [1.54, 1.807) is 17.2 Å². The monoisotopic (exact) mass is 404 g/mol. The Bertz CT molecular complexity index is 1010. The fourth-order valence-corrected chi connectivity index (χ4v) is 3.62. The highest BCUT2D eigenvalue weighted by Crippen LogP contribution is 2.24. The minimum Gasteiger partial charge on any atom is -0.355 e. The van der Waals surface area contributed by atoms with Crippen molar-refractivity contribution in [2.75, 3.05) is 6.54 Å². The number of likely N-dealkylation sites (tertiary alicyclic amines) is 1. The Morgan fingerprint density at radius 3 is 2.77 bits per heavy atom. The molecule has 1 atom stereocenters. The van der Waals surface area contributed by atoms with Crippen molar-refractivity contribution < 1.29 is 14.1 Å². The second kappa shape index (κ2) is 8.90. The van der Waals surface area contributed by atoms with E-state index in [2.05, 4.69) is 15.5 Å². The number of nitrogens with one attached hydrogen (secondary N) is 1. The van der Waals surface area contributed by atoms with Crippen LogP contribution in [0, 0.1) is 6.92 Å². The summed E-state index contributed by atoms with van der Waals surface area (Å²) in [5, 5.41) is 6.87. The Morgan fingerprint density at radius 1 is 1.17 bits per heavy atom. The summed E-state index contributed by atoms with van der Waals surface area (Å²) in [6, 6.07) is 14.5. The van der Waals surface area contributed by atoms with Crippen molar-refractivity contribution in [3.63, 3.8) is 0 Å². The van der Waals surface area contributed by atoms with Gasteiger partial charge in [0.15, 0.2) is 11.5 Å². The molecule has 1 saturated heterocycles. The van der Waals surface area contributed by atoms with Gasteiger partial charge in [-0.3, -0.25) is 14.6 Å². The lowest BCUT2D eigenvalue weighted by Crippen LogP contribution is -2.51. The highest BCUT2D eigenvalue weighted by molar-refractivity contribution is 5.96. The lowest BCUT2D eigenvalue weighted by molar-refractivity contribution is -0.126. The molecule has 0 bridgehead atoms. The number of amides is 2. The smallest absolute Gasteiger partial charge is 0.276 e. The van der Waals surface area contributed by atoms with Gasteiger partial charge < -0.3 is 14.7 Å². The molecule has 1 aromatic carbocycles. The van der Waals surface area contributed by atoms with Gasteiger partial charge in [0.2, 0.25) is 5.91 Å². The number of pyridine rings is 1. The lowest BCUT2D eigenvalue weighted by atomic mass is 10.0. The van der Waals surface area contributed by atoms with Crippen LogP contribution in [0.1, 0.15) is 41.0 Å². The standard InChI is InChI=1S/C23H24N4O3/c1-16-8-10-17(11-9-16)21-14-19(26-30-21)23(29)27-13-5-3-7-20(27)22(28)25-15-18-6-2-4-12-24-18/h2,4,6,8-12,14,20H,3,5,7,13,15H2,1H3,(H,25,28)/t20-/m0/s1. The molecular weight excluding hydrogens is 380 g/mol. The topological polar surface area (TPSA) is 88.3 Å². The summed E-state index contributed by atoms with van der Waals surface area (Å²) >= 11 is 0. The fraction of sp³-hybridized carbons (Fsp3) is 0.304. The molecule has 7 nitrogen and oxygen atoms in total. The molecule has 3 aromatic rings. The second-order valence-corrected chi connectivity index (χ2v) is 7.49. The molecule has 2 aromatic heterocycles. The van der Waals surface area contributed by atoms with Crippen molar-refractivity contribution in [1.82, 2.24) is 20.4 Å². The Balaban J connectivity index is 1.46. The number of carbonyl (C=O) groups is 2. The fourth-order valence-electron chi connectivity index (χ4n) is 3.62. The van der Waals surface area contributed by atoms with Gasteiger partial charge in [0, 0.05) is 24.4 Å². The third kappa shape index (κ3) is 4.40. The van der Waals surface area contributed by atoms with E-state index in [4.69, 9.17) is 4.52 Å². The highest BCUT2D eigenvalue weighted by Gasteiger charge is 2.34. The van der Waals surface area contributed by atoms with E-state index in [0.29, 0.717) is 25.3 Å². The number of hydrogen-bond acceptors (Lipinski definition) is 5. The zero-order valence-corrected chi connectivity index (χ0v) is 16.9. The number of benzene rings is 1. The minimum atomic E-state index is -0.519. The van der Waals surface area contributed by atoms with E-state index in [1.807, 2.05) is 49.4 Å². The first-order chi connectivity index (χ1) is 14.6. The van der Waals surface area contributed by atoms with Crippen LogP contribution in [0.2, 0.25) is 0 Å². The Morgan fingerprint density at radius 2 is 2.00 bits per heavy atom. The number of hydrogen-bond donors (Lipinski definition) is 1. The zero-order chi connectivity index (χ0) is 20.9. The van der Waals surface area contributed by atoms with Crippen molar-refractivity contribution in [3.8, 4) is 11.3 Å². The second-order valence-electron chi connectivity index (χ2n) is 7.49. The molecule has 7 heteroatoms. The molecule has 1 aliphatic rings. The van der Waals surface area contributed by atoms with Crippen LogP contribution in [0.15, 0.2) is 59.3 Å². The van der Waals surface area contributed by atoms with Crippen molar-refractivity contribution in [2.45, 2.75) is 38.8 Å². The van der Waals surface area contributed by atoms with E-state index in [9.17, 15) is 9.59 Å². The first kappa shape index (κ1) is 19.8. The molecular formula is C23H24N4O3. The van der Waals surface area contributed by atoms with Crippen LogP contribution in [0.4, 0.5) is 0 Å². The molecule has 154 valence electrons. The molecule has 30 heavy (non-hydrogen) atoms. The van der Waals surface area contributed by atoms with Gasteiger partial charge in [-0.05, 0) is 38.3 Å². The minimum absolute atomic E-state index is 0.170. The summed E-state index contributed by atoms with van der Waals surface area (Å²) in [5.74, 6) is 0.0808. The van der Waals surface area contributed by atoms with E-state index < -0.39 is 6.04 Å². The number of rotatable bonds is 5. The Hall–Kier alpha value is -3.48. The largest absolute Gasteiger partial charge is 0.355 e. The van der Waals surface area contributed by atoms with Gasteiger partial charge in [-0.2, -0.15) is 0 Å². The Kier molecular flexibility index (Phi) is 5.88. The van der Waals surface area contributed by atoms with E-state index in [-0.39, 0.29) is 17.5 Å². The van der Waals surface area contributed by atoms with E-state index in [0.717, 1.165) is 29.7 Å². The predicted octanol–water partition coefficient (Wildman–Crippen LogP) is 3.36. The van der Waals surface area contributed by atoms with Crippen LogP contribution in [0.5, 0.6) is 0 Å². The summed E-state index contributed by atoms with van der Waals surface area (Å²) in [7, 11) is 0. The average molecular weight is 404 g/mol. The molecule has 1 N–H and O–H groups in total. The summed E-state index contributed by atoms with van der Waals surface area (Å²) < 4.78 is 5.40. The van der Waals surface area contributed by atoms with Gasteiger partial charge in [0.25, 0.3) is 5.91 Å². The zero-order valence-electron chi connectivity index (χ0n) is 16.9. The molecule has 1 aliphatic heterocycles. The molecule has 0 aliphatic carbocycles. The van der Waals surface area contributed by atoms with Gasteiger partial charge in [-0.15, -0.1) is 0 Å². The molecule has 2 amide bonds. The van der Waals surface area contributed by atoms with Crippen LogP contribution < -0.4 is 5.32 Å². The maximum atomic E-state index is 13.1. The quantitative estimate of drug-likeness (QED) is 0.704. The molecule has 4 rings (SSSR count). The highest BCUT2D eigenvalue weighted by atomic mass is 16.5. The molecule has 0 saturated carbocycles. The van der Waals surface area contributed by atoms with Gasteiger partial charge in [0.05, 0.1) is 12.2 Å². The summed E-state index contributed by atoms with van der Waals surface area (Å²) in [4.78, 5) is 31.7. The maximum absolute atomic E-state index is 13.1. The number of aryl methyl sites for hydroxylation is 1. The lowest BCUT2D eigenvalue weighted by Gasteiger charge is -2.34. The van der Waals surface area contributed by atoms with Crippen LogP contribution in [-0.2, 0) is 11.3 Å². The summed E-state index contributed by atoms with van der Waals surface area (Å²) in [6.07, 6.45) is 4.08. The number of aromatic nitrogens is 2. The summed E-state index contributed by atoms with van der Waals surface area (Å²) in [5.41, 5.74) is 2.99. The molecule has 1 fully saturated rings. The van der Waals surface area contributed by atoms with Gasteiger partial charge in [-0.25, -0.2) is 0 Å². The van der Waals surface area contributed by atoms with Crippen LogP contribution in [0.3, 0.4) is 0 Å². The number of nitrogens with zero attached hydrogens (tertiary/aromatic N) is 3. The van der Waals surface area contributed by atoms with Gasteiger partial charge in [0.1, 0.15) is 6.04 Å². The molecule has 3 heterocycles. The molecule has 0 unspecified atom stereocenters. The van der Waals surface area contributed by atoms with Crippen molar-refractivity contribution in [3.05, 3.63) is 71.7 Å². The van der Waals surface area contributed by atoms with Crippen molar-refractivity contribution in [1.29, 1.82) is 0 Å². The first-order valence-electron chi connectivity index (χ1n) is 10.1. The SMILES string of the molecule is Cc1ccc(-c2cc(C(=O)N3CCCC[C@H]3C(=O)NCc3ccccn3)no2)cc1.